The van der Waals surface area contributed by atoms with Crippen molar-refractivity contribution in [2.75, 3.05) is 26.2 Å². The van der Waals surface area contributed by atoms with E-state index in [2.05, 4.69) is 4.90 Å². The fraction of sp³-hybridized carbons (Fsp3) is 0.500. The van der Waals surface area contributed by atoms with Crippen molar-refractivity contribution >= 4 is 5.97 Å². The molecule has 0 aromatic heterocycles. The summed E-state index contributed by atoms with van der Waals surface area (Å²) in [7, 11) is 0. The second kappa shape index (κ2) is 6.65. The largest absolute Gasteiger partial charge is 0.481 e. The third-order valence-corrected chi connectivity index (χ3v) is 3.34. The Morgan fingerprint density at radius 2 is 2.16 bits per heavy atom. The molecule has 5 nitrogen and oxygen atoms in total. The number of nitrogens with two attached hydrogens (primary N) is 1. The van der Waals surface area contributed by atoms with Crippen molar-refractivity contribution in [2.24, 2.45) is 5.73 Å². The van der Waals surface area contributed by atoms with Crippen LogP contribution in [0, 0.1) is 0 Å². The number of hydrogen-bond acceptors (Lipinski definition) is 4. The Morgan fingerprint density at radius 3 is 2.84 bits per heavy atom. The molecule has 5 heteroatoms. The van der Waals surface area contributed by atoms with Gasteiger partial charge in [-0.15, -0.1) is 0 Å². The smallest absolute Gasteiger partial charge is 0.307 e. The summed E-state index contributed by atoms with van der Waals surface area (Å²) < 4.78 is 5.53. The van der Waals surface area contributed by atoms with Gasteiger partial charge in [-0.05, 0) is 11.1 Å². The van der Waals surface area contributed by atoms with Crippen molar-refractivity contribution in [1.29, 1.82) is 0 Å². The Labute approximate surface area is 113 Å². The number of carboxylic acids is 1. The molecule has 0 bridgehead atoms. The molecule has 1 aromatic carbocycles. The fourth-order valence-corrected chi connectivity index (χ4v) is 2.35. The third kappa shape index (κ3) is 4.02. The van der Waals surface area contributed by atoms with Crippen LogP contribution in [0.5, 0.6) is 0 Å². The van der Waals surface area contributed by atoms with Crippen molar-refractivity contribution in [1.82, 2.24) is 4.90 Å². The zero-order chi connectivity index (χ0) is 13.7. The number of carbonyl (C=O) groups is 1. The Kier molecular flexibility index (Phi) is 4.90. The predicted octanol–water partition coefficient (Wildman–Crippen LogP) is 0.473. The van der Waals surface area contributed by atoms with Crippen LogP contribution < -0.4 is 5.73 Å². The van der Waals surface area contributed by atoms with E-state index in [9.17, 15) is 4.79 Å². The standard InChI is InChI=1S/C14H20N2O3/c15-8-13-10-16(5-6-19-13)9-12-4-2-1-3-11(12)7-14(17)18/h1-4,13H,5-10,15H2,(H,17,18). The molecule has 1 aromatic rings. The van der Waals surface area contributed by atoms with Crippen LogP contribution in [0.2, 0.25) is 0 Å². The van der Waals surface area contributed by atoms with Crippen LogP contribution in [0.15, 0.2) is 24.3 Å². The van der Waals surface area contributed by atoms with E-state index < -0.39 is 5.97 Å². The molecule has 19 heavy (non-hydrogen) atoms. The van der Waals surface area contributed by atoms with E-state index in [0.717, 1.165) is 30.8 Å². The zero-order valence-corrected chi connectivity index (χ0v) is 10.9. The van der Waals surface area contributed by atoms with Gasteiger partial charge in [0.25, 0.3) is 0 Å². The Bertz CT molecular complexity index is 436. The van der Waals surface area contributed by atoms with Crippen LogP contribution >= 0.6 is 0 Å². The van der Waals surface area contributed by atoms with Crippen molar-refractivity contribution in [3.05, 3.63) is 35.4 Å². The highest BCUT2D eigenvalue weighted by molar-refractivity contribution is 5.70. The van der Waals surface area contributed by atoms with Crippen molar-refractivity contribution in [3.63, 3.8) is 0 Å². The van der Waals surface area contributed by atoms with Gasteiger partial charge >= 0.3 is 5.97 Å². The molecular formula is C14H20N2O3. The number of benzene rings is 1. The van der Waals surface area contributed by atoms with Crippen LogP contribution in [0.25, 0.3) is 0 Å². The molecule has 3 N–H and O–H groups in total. The molecule has 1 fully saturated rings. The van der Waals surface area contributed by atoms with Crippen molar-refractivity contribution in [2.45, 2.75) is 19.1 Å². The monoisotopic (exact) mass is 264 g/mol. The van der Waals surface area contributed by atoms with E-state index in [1.54, 1.807) is 0 Å². The maximum atomic E-state index is 10.9. The van der Waals surface area contributed by atoms with Gasteiger partial charge in [0.15, 0.2) is 0 Å². The highest BCUT2D eigenvalue weighted by atomic mass is 16.5. The number of hydrogen-bond donors (Lipinski definition) is 2. The highest BCUT2D eigenvalue weighted by Crippen LogP contribution is 2.15. The van der Waals surface area contributed by atoms with Crippen LogP contribution in [0.1, 0.15) is 11.1 Å². The molecule has 1 atom stereocenters. The molecule has 0 amide bonds. The Morgan fingerprint density at radius 1 is 1.42 bits per heavy atom. The van der Waals surface area contributed by atoms with E-state index >= 15 is 0 Å². The van der Waals surface area contributed by atoms with E-state index in [1.807, 2.05) is 24.3 Å². The first kappa shape index (κ1) is 14.0. The van der Waals surface area contributed by atoms with Crippen molar-refractivity contribution < 1.29 is 14.6 Å². The number of ether oxygens (including phenoxy) is 1. The lowest BCUT2D eigenvalue weighted by Gasteiger charge is -2.32. The highest BCUT2D eigenvalue weighted by Gasteiger charge is 2.20. The molecule has 104 valence electrons. The van der Waals surface area contributed by atoms with Crippen LogP contribution in [-0.2, 0) is 22.5 Å². The minimum atomic E-state index is -0.797. The normalized spacial score (nSPS) is 20.4. The van der Waals surface area contributed by atoms with Crippen molar-refractivity contribution in [3.8, 4) is 0 Å². The number of carboxylic acid groups (broad SMARTS) is 1. The topological polar surface area (TPSA) is 75.8 Å². The van der Waals surface area contributed by atoms with E-state index in [0.29, 0.717) is 13.2 Å². The van der Waals surface area contributed by atoms with Gasteiger partial charge in [-0.25, -0.2) is 0 Å². The maximum absolute atomic E-state index is 10.9. The lowest BCUT2D eigenvalue weighted by atomic mass is 10.0. The van der Waals surface area contributed by atoms with Gasteiger partial charge < -0.3 is 15.6 Å². The second-order valence-electron chi connectivity index (χ2n) is 4.80. The van der Waals surface area contributed by atoms with Gasteiger partial charge in [0, 0.05) is 26.2 Å². The first-order valence-corrected chi connectivity index (χ1v) is 6.51. The summed E-state index contributed by atoms with van der Waals surface area (Å²) in [4.78, 5) is 13.1. The number of morpholine rings is 1. The quantitative estimate of drug-likeness (QED) is 0.808. The van der Waals surface area contributed by atoms with Gasteiger partial charge in [-0.1, -0.05) is 24.3 Å². The summed E-state index contributed by atoms with van der Waals surface area (Å²) in [6.45, 7) is 3.62. The molecular weight excluding hydrogens is 244 g/mol. The predicted molar refractivity (Wildman–Crippen MR) is 71.9 cm³/mol. The Hall–Kier alpha value is -1.43. The minimum Gasteiger partial charge on any atom is -0.481 e. The summed E-state index contributed by atoms with van der Waals surface area (Å²) in [5.74, 6) is -0.797. The molecule has 1 aliphatic heterocycles. The average Bonchev–Trinajstić information content (AvgIpc) is 2.41. The van der Waals surface area contributed by atoms with Gasteiger partial charge in [0.2, 0.25) is 0 Å². The molecule has 1 aliphatic rings. The summed E-state index contributed by atoms with van der Waals surface area (Å²) in [6, 6.07) is 7.70. The third-order valence-electron chi connectivity index (χ3n) is 3.34. The fourth-order valence-electron chi connectivity index (χ4n) is 2.35. The van der Waals surface area contributed by atoms with Gasteiger partial charge in [-0.2, -0.15) is 0 Å². The summed E-state index contributed by atoms with van der Waals surface area (Å²) >= 11 is 0. The van der Waals surface area contributed by atoms with E-state index in [1.165, 1.54) is 0 Å². The van der Waals surface area contributed by atoms with Crippen LogP contribution in [0.3, 0.4) is 0 Å². The SMILES string of the molecule is NCC1CN(Cc2ccccc2CC(=O)O)CCO1. The lowest BCUT2D eigenvalue weighted by Crippen LogP contribution is -2.45. The number of aliphatic carboxylic acids is 1. The Balaban J connectivity index is 2.03. The molecule has 0 spiro atoms. The minimum absolute atomic E-state index is 0.0703. The maximum Gasteiger partial charge on any atom is 0.307 e. The molecule has 1 unspecified atom stereocenters. The molecule has 1 saturated heterocycles. The molecule has 1 heterocycles. The summed E-state index contributed by atoms with van der Waals surface area (Å²) in [5.41, 5.74) is 7.58. The molecule has 2 rings (SSSR count). The van der Waals surface area contributed by atoms with Gasteiger partial charge in [0.05, 0.1) is 19.1 Å². The lowest BCUT2D eigenvalue weighted by molar-refractivity contribution is -0.136. The van der Waals surface area contributed by atoms with E-state index in [4.69, 9.17) is 15.6 Å². The second-order valence-corrected chi connectivity index (χ2v) is 4.80. The summed E-state index contributed by atoms with van der Waals surface area (Å²) in [6.07, 6.45) is 0.154. The van der Waals surface area contributed by atoms with E-state index in [-0.39, 0.29) is 12.5 Å². The van der Waals surface area contributed by atoms with Crippen LogP contribution in [0.4, 0.5) is 0 Å². The van der Waals surface area contributed by atoms with Gasteiger partial charge in [-0.3, -0.25) is 9.69 Å². The van der Waals surface area contributed by atoms with Gasteiger partial charge in [0.1, 0.15) is 0 Å². The zero-order valence-electron chi connectivity index (χ0n) is 10.9. The molecule has 0 aliphatic carbocycles. The number of rotatable bonds is 5. The molecule has 0 saturated carbocycles. The molecule has 0 radical (unpaired) electrons. The summed E-state index contributed by atoms with van der Waals surface area (Å²) in [5, 5.41) is 8.93. The number of nitrogens with zero attached hydrogens (tertiary/aromatic N) is 1. The average molecular weight is 264 g/mol. The first-order chi connectivity index (χ1) is 9.19. The van der Waals surface area contributed by atoms with Crippen LogP contribution in [-0.4, -0.2) is 48.3 Å². The first-order valence-electron chi connectivity index (χ1n) is 6.51.